The number of benzene rings is 3. The first-order valence-electron chi connectivity index (χ1n) is 9.85. The van der Waals surface area contributed by atoms with Gasteiger partial charge in [0.1, 0.15) is 18.1 Å². The molecule has 0 aliphatic rings. The number of aryl methyl sites for hydroxylation is 1. The highest BCUT2D eigenvalue weighted by molar-refractivity contribution is 7.82. The molecule has 0 saturated heterocycles. The van der Waals surface area contributed by atoms with Gasteiger partial charge in [-0.25, -0.2) is 9.63 Å². The molecule has 0 bridgehead atoms. The molecular formula is C24H28N2O3S. The van der Waals surface area contributed by atoms with Gasteiger partial charge >= 0.3 is 0 Å². The molecule has 0 aliphatic heterocycles. The van der Waals surface area contributed by atoms with Crippen molar-refractivity contribution >= 4 is 16.8 Å². The fourth-order valence-electron chi connectivity index (χ4n) is 2.59. The van der Waals surface area contributed by atoms with Gasteiger partial charge in [-0.05, 0) is 62.7 Å². The lowest BCUT2D eigenvalue weighted by Gasteiger charge is -2.24. The van der Waals surface area contributed by atoms with Crippen molar-refractivity contribution in [1.82, 2.24) is 5.43 Å². The Hall–Kier alpha value is -2.83. The molecule has 30 heavy (non-hydrogen) atoms. The fourth-order valence-corrected chi connectivity index (χ4v) is 3.29. The van der Waals surface area contributed by atoms with E-state index >= 15 is 0 Å². The summed E-state index contributed by atoms with van der Waals surface area (Å²) in [6.45, 7) is 6.78. The molecule has 0 saturated carbocycles. The van der Waals surface area contributed by atoms with E-state index in [1.165, 1.54) is 0 Å². The molecule has 1 atom stereocenters. The molecule has 3 aromatic carbocycles. The van der Waals surface area contributed by atoms with Crippen molar-refractivity contribution in [2.24, 2.45) is 0 Å². The Morgan fingerprint density at radius 2 is 1.50 bits per heavy atom. The number of ether oxygens (including phenoxy) is 1. The summed E-state index contributed by atoms with van der Waals surface area (Å²) >= 11 is -1.49. The minimum Gasteiger partial charge on any atom is -0.489 e. The molecule has 0 aromatic heterocycles. The van der Waals surface area contributed by atoms with Crippen molar-refractivity contribution in [3.63, 3.8) is 0 Å². The average Bonchev–Trinajstić information content (AvgIpc) is 2.75. The molecular weight excluding hydrogens is 396 g/mol. The zero-order valence-electron chi connectivity index (χ0n) is 17.6. The first-order valence-corrected chi connectivity index (χ1v) is 10.9. The van der Waals surface area contributed by atoms with Crippen molar-refractivity contribution in [3.05, 3.63) is 90.0 Å². The van der Waals surface area contributed by atoms with Crippen LogP contribution in [0.3, 0.4) is 0 Å². The van der Waals surface area contributed by atoms with E-state index < -0.39 is 15.8 Å². The Morgan fingerprint density at radius 1 is 0.867 bits per heavy atom. The summed E-state index contributed by atoms with van der Waals surface area (Å²) in [7, 11) is 0. The van der Waals surface area contributed by atoms with Crippen LogP contribution in [0.15, 0.2) is 78.9 Å². The quantitative estimate of drug-likeness (QED) is 0.448. The third-order valence-corrected chi connectivity index (χ3v) is 5.88. The SMILES string of the molecule is Cc1ccc(OS(=O)C(C)(C)CNNc2ccc(OCc3ccccc3)cc2)cc1. The third kappa shape index (κ3) is 6.61. The number of rotatable bonds is 10. The van der Waals surface area contributed by atoms with E-state index in [-0.39, 0.29) is 0 Å². The van der Waals surface area contributed by atoms with E-state index in [1.54, 1.807) is 0 Å². The van der Waals surface area contributed by atoms with Crippen molar-refractivity contribution in [3.8, 4) is 11.5 Å². The van der Waals surface area contributed by atoms with Gasteiger partial charge in [0.25, 0.3) is 0 Å². The first-order chi connectivity index (χ1) is 14.4. The average molecular weight is 425 g/mol. The summed E-state index contributed by atoms with van der Waals surface area (Å²) in [6.07, 6.45) is 0. The van der Waals surface area contributed by atoms with Crippen LogP contribution in [0.4, 0.5) is 5.69 Å². The molecule has 5 nitrogen and oxygen atoms in total. The van der Waals surface area contributed by atoms with Crippen LogP contribution < -0.4 is 19.8 Å². The van der Waals surface area contributed by atoms with Crippen molar-refractivity contribution in [1.29, 1.82) is 0 Å². The van der Waals surface area contributed by atoms with E-state index in [0.717, 1.165) is 22.6 Å². The zero-order valence-corrected chi connectivity index (χ0v) is 18.4. The van der Waals surface area contributed by atoms with E-state index in [2.05, 4.69) is 10.9 Å². The number of hydrazine groups is 1. The molecule has 0 amide bonds. The lowest BCUT2D eigenvalue weighted by atomic mass is 10.2. The van der Waals surface area contributed by atoms with Crippen molar-refractivity contribution < 1.29 is 13.1 Å². The summed E-state index contributed by atoms with van der Waals surface area (Å²) in [5.41, 5.74) is 9.42. The predicted molar refractivity (Wildman–Crippen MR) is 123 cm³/mol. The maximum absolute atomic E-state index is 12.6. The third-order valence-electron chi connectivity index (χ3n) is 4.49. The molecule has 2 N–H and O–H groups in total. The smallest absolute Gasteiger partial charge is 0.213 e. The summed E-state index contributed by atoms with van der Waals surface area (Å²) in [4.78, 5) is 0. The van der Waals surface area contributed by atoms with Crippen LogP contribution >= 0.6 is 0 Å². The molecule has 0 spiro atoms. The molecule has 3 aromatic rings. The normalized spacial score (nSPS) is 12.2. The topological polar surface area (TPSA) is 59.6 Å². The molecule has 158 valence electrons. The molecule has 0 radical (unpaired) electrons. The summed E-state index contributed by atoms with van der Waals surface area (Å²) in [5.74, 6) is 1.41. The minimum atomic E-state index is -1.49. The highest BCUT2D eigenvalue weighted by atomic mass is 32.2. The van der Waals surface area contributed by atoms with Gasteiger partial charge in [-0.3, -0.25) is 0 Å². The molecule has 3 rings (SSSR count). The molecule has 0 fully saturated rings. The first kappa shape index (κ1) is 21.9. The number of hydrogen-bond acceptors (Lipinski definition) is 5. The Morgan fingerprint density at radius 3 is 2.17 bits per heavy atom. The molecule has 6 heteroatoms. The zero-order chi connectivity index (χ0) is 21.4. The predicted octanol–water partition coefficient (Wildman–Crippen LogP) is 5.01. The van der Waals surface area contributed by atoms with Gasteiger partial charge in [0.05, 0.1) is 4.75 Å². The van der Waals surface area contributed by atoms with Gasteiger partial charge in [0.15, 0.2) is 0 Å². The fraction of sp³-hybridized carbons (Fsp3) is 0.250. The lowest BCUT2D eigenvalue weighted by molar-refractivity contribution is 0.306. The van der Waals surface area contributed by atoms with Crippen LogP contribution in [0.5, 0.6) is 11.5 Å². The van der Waals surface area contributed by atoms with Gasteiger partial charge in [0, 0.05) is 12.2 Å². The van der Waals surface area contributed by atoms with Crippen molar-refractivity contribution in [2.45, 2.75) is 32.1 Å². The second-order valence-corrected chi connectivity index (χ2v) is 9.41. The Bertz CT molecular complexity index is 942. The van der Waals surface area contributed by atoms with E-state index in [4.69, 9.17) is 8.92 Å². The van der Waals surface area contributed by atoms with Gasteiger partial charge in [-0.15, -0.1) is 0 Å². The maximum Gasteiger partial charge on any atom is 0.213 e. The summed E-state index contributed by atoms with van der Waals surface area (Å²) in [5, 5.41) is 0. The maximum atomic E-state index is 12.6. The van der Waals surface area contributed by atoms with Gasteiger partial charge in [0.2, 0.25) is 11.1 Å². The molecule has 1 unspecified atom stereocenters. The van der Waals surface area contributed by atoms with Crippen LogP contribution in [0.25, 0.3) is 0 Å². The summed E-state index contributed by atoms with van der Waals surface area (Å²) < 4.78 is 23.4. The lowest BCUT2D eigenvalue weighted by Crippen LogP contribution is -2.42. The highest BCUT2D eigenvalue weighted by Gasteiger charge is 2.28. The second kappa shape index (κ2) is 10.3. The Balaban J connectivity index is 1.44. The van der Waals surface area contributed by atoms with Crippen LogP contribution in [-0.4, -0.2) is 15.5 Å². The van der Waals surface area contributed by atoms with Crippen LogP contribution in [-0.2, 0) is 17.7 Å². The minimum absolute atomic E-state index is 0.456. The van der Waals surface area contributed by atoms with Crippen LogP contribution in [0.1, 0.15) is 25.0 Å². The van der Waals surface area contributed by atoms with Gasteiger partial charge in [-0.1, -0.05) is 48.0 Å². The monoisotopic (exact) mass is 424 g/mol. The van der Waals surface area contributed by atoms with E-state index in [0.29, 0.717) is 18.9 Å². The summed E-state index contributed by atoms with van der Waals surface area (Å²) in [6, 6.07) is 25.3. The number of nitrogens with one attached hydrogen (secondary N) is 2. The highest BCUT2D eigenvalue weighted by Crippen LogP contribution is 2.20. The van der Waals surface area contributed by atoms with E-state index in [1.807, 2.05) is 99.6 Å². The van der Waals surface area contributed by atoms with Crippen molar-refractivity contribution in [2.75, 3.05) is 12.0 Å². The van der Waals surface area contributed by atoms with Gasteiger partial charge in [-0.2, -0.15) is 0 Å². The largest absolute Gasteiger partial charge is 0.489 e. The van der Waals surface area contributed by atoms with Crippen LogP contribution in [0.2, 0.25) is 0 Å². The van der Waals surface area contributed by atoms with Crippen LogP contribution in [0, 0.1) is 6.92 Å². The molecule has 0 heterocycles. The molecule has 0 aliphatic carbocycles. The standard InChI is InChI=1S/C24H28N2O3S/c1-19-9-13-23(14-10-19)29-30(27)24(2,3)18-25-26-21-11-15-22(16-12-21)28-17-20-7-5-4-6-8-20/h4-16,25-26H,17-18H2,1-3H3. The Labute approximate surface area is 181 Å². The van der Waals surface area contributed by atoms with E-state index in [9.17, 15) is 4.21 Å². The Kier molecular flexibility index (Phi) is 7.49. The second-order valence-electron chi connectivity index (χ2n) is 7.67. The van der Waals surface area contributed by atoms with Gasteiger partial charge < -0.3 is 14.3 Å². The number of hydrogen-bond donors (Lipinski definition) is 2. The number of anilines is 1.